The van der Waals surface area contributed by atoms with Gasteiger partial charge in [-0.05, 0) is 42.5 Å². The molecule has 0 unspecified atom stereocenters. The smallest absolute Gasteiger partial charge is 0.271 e. The maximum Gasteiger partial charge on any atom is 0.271 e. The van der Waals surface area contributed by atoms with Gasteiger partial charge in [-0.3, -0.25) is 4.79 Å². The molecule has 0 saturated carbocycles. The molecule has 2 aromatic carbocycles. The molecule has 6 heteroatoms. The Bertz CT molecular complexity index is 857. The van der Waals surface area contributed by atoms with Crippen LogP contribution >= 0.6 is 23.2 Å². The molecule has 0 fully saturated rings. The summed E-state index contributed by atoms with van der Waals surface area (Å²) >= 11 is 12.0. The van der Waals surface area contributed by atoms with Gasteiger partial charge in [0.25, 0.3) is 5.91 Å². The molecule has 0 aliphatic carbocycles. The maximum atomic E-state index is 11.9. The Morgan fingerprint density at radius 3 is 2.43 bits per heavy atom. The van der Waals surface area contributed by atoms with Gasteiger partial charge in [0.05, 0.1) is 11.4 Å². The minimum atomic E-state index is -0.249. The first-order chi connectivity index (χ1) is 11.1. The minimum Gasteiger partial charge on any atom is -0.354 e. The molecule has 1 aromatic heterocycles. The van der Waals surface area contributed by atoms with Crippen molar-refractivity contribution in [2.45, 2.75) is 0 Å². The highest BCUT2D eigenvalue weighted by Gasteiger charge is 2.16. The summed E-state index contributed by atoms with van der Waals surface area (Å²) < 4.78 is 1.70. The first kappa shape index (κ1) is 15.6. The average molecular weight is 346 g/mol. The first-order valence-corrected chi connectivity index (χ1v) is 7.68. The second kappa shape index (κ2) is 6.44. The van der Waals surface area contributed by atoms with Crippen molar-refractivity contribution in [3.63, 3.8) is 0 Å². The molecule has 4 nitrogen and oxygen atoms in total. The number of nitrogens with one attached hydrogen (secondary N) is 1. The fraction of sp³-hybridized carbons (Fsp3) is 0.0588. The lowest BCUT2D eigenvalue weighted by atomic mass is 10.1. The van der Waals surface area contributed by atoms with Crippen molar-refractivity contribution < 1.29 is 4.79 Å². The van der Waals surface area contributed by atoms with E-state index in [2.05, 4.69) is 10.4 Å². The summed E-state index contributed by atoms with van der Waals surface area (Å²) in [6, 6.07) is 16.4. The molecule has 0 radical (unpaired) electrons. The van der Waals surface area contributed by atoms with Gasteiger partial charge in [0.15, 0.2) is 5.69 Å². The predicted molar refractivity (Wildman–Crippen MR) is 92.4 cm³/mol. The number of aromatic nitrogens is 2. The molecule has 0 bridgehead atoms. The maximum absolute atomic E-state index is 11.9. The van der Waals surface area contributed by atoms with Crippen LogP contribution in [0.4, 0.5) is 0 Å². The predicted octanol–water partition coefficient (Wildman–Crippen LogP) is 4.21. The number of hydrogen-bond donors (Lipinski definition) is 1. The van der Waals surface area contributed by atoms with Crippen molar-refractivity contribution in [3.05, 3.63) is 70.3 Å². The molecule has 116 valence electrons. The van der Waals surface area contributed by atoms with Crippen molar-refractivity contribution in [1.29, 1.82) is 0 Å². The summed E-state index contributed by atoms with van der Waals surface area (Å²) in [5, 5.41) is 8.24. The van der Waals surface area contributed by atoms with Gasteiger partial charge in [-0.2, -0.15) is 5.10 Å². The van der Waals surface area contributed by atoms with Crippen LogP contribution < -0.4 is 5.32 Å². The van der Waals surface area contributed by atoms with Crippen molar-refractivity contribution in [2.75, 3.05) is 7.05 Å². The van der Waals surface area contributed by atoms with E-state index in [9.17, 15) is 4.79 Å². The van der Waals surface area contributed by atoms with E-state index in [1.165, 1.54) is 0 Å². The molecule has 0 spiro atoms. The number of carbonyl (C=O) groups excluding carboxylic acids is 1. The normalized spacial score (nSPS) is 10.6. The van der Waals surface area contributed by atoms with Gasteiger partial charge in [0.2, 0.25) is 0 Å². The van der Waals surface area contributed by atoms with Gasteiger partial charge in [0.1, 0.15) is 0 Å². The lowest BCUT2D eigenvalue weighted by molar-refractivity contribution is 0.0957. The number of carbonyl (C=O) groups is 1. The van der Waals surface area contributed by atoms with Crippen LogP contribution in [0.3, 0.4) is 0 Å². The number of benzene rings is 2. The zero-order valence-corrected chi connectivity index (χ0v) is 13.8. The van der Waals surface area contributed by atoms with Gasteiger partial charge in [-0.25, -0.2) is 4.68 Å². The van der Waals surface area contributed by atoms with Gasteiger partial charge in [-0.1, -0.05) is 35.3 Å². The molecule has 0 aliphatic heterocycles. The van der Waals surface area contributed by atoms with E-state index in [1.807, 2.05) is 30.3 Å². The van der Waals surface area contributed by atoms with Crippen molar-refractivity contribution in [3.8, 4) is 16.9 Å². The molecule has 0 saturated heterocycles. The zero-order chi connectivity index (χ0) is 16.4. The lowest BCUT2D eigenvalue weighted by Gasteiger charge is -2.08. The Labute approximate surface area is 143 Å². The molecule has 0 aliphatic rings. The number of halogens is 2. The number of nitrogens with zero attached hydrogens (tertiary/aromatic N) is 2. The van der Waals surface area contributed by atoms with E-state index >= 15 is 0 Å². The monoisotopic (exact) mass is 345 g/mol. The highest BCUT2D eigenvalue weighted by atomic mass is 35.5. The van der Waals surface area contributed by atoms with E-state index < -0.39 is 0 Å². The highest BCUT2D eigenvalue weighted by molar-refractivity contribution is 6.31. The van der Waals surface area contributed by atoms with Crippen LogP contribution in [-0.2, 0) is 0 Å². The molecule has 3 rings (SSSR count). The molecular weight excluding hydrogens is 333 g/mol. The van der Waals surface area contributed by atoms with Crippen LogP contribution in [0.15, 0.2) is 54.6 Å². The molecule has 1 heterocycles. The summed E-state index contributed by atoms with van der Waals surface area (Å²) in [5.74, 6) is -0.249. The lowest BCUT2D eigenvalue weighted by Crippen LogP contribution is -2.18. The van der Waals surface area contributed by atoms with E-state index in [4.69, 9.17) is 23.2 Å². The number of rotatable bonds is 3. The molecular formula is C17H13Cl2N3O. The number of amides is 1. The second-order valence-electron chi connectivity index (χ2n) is 4.89. The van der Waals surface area contributed by atoms with E-state index in [0.717, 1.165) is 16.9 Å². The van der Waals surface area contributed by atoms with Crippen LogP contribution in [0.2, 0.25) is 10.0 Å². The van der Waals surface area contributed by atoms with Gasteiger partial charge in [0, 0.05) is 22.7 Å². The Hall–Kier alpha value is -2.30. The van der Waals surface area contributed by atoms with Crippen LogP contribution in [-0.4, -0.2) is 22.7 Å². The van der Waals surface area contributed by atoms with E-state index in [-0.39, 0.29) is 5.91 Å². The van der Waals surface area contributed by atoms with Crippen LogP contribution in [0.1, 0.15) is 10.5 Å². The third kappa shape index (κ3) is 3.23. The highest BCUT2D eigenvalue weighted by Crippen LogP contribution is 2.27. The molecule has 1 amide bonds. The standard InChI is InChI=1S/C17H13Cl2N3O/c1-20-17(23)15-10-16(11-3-2-4-13(19)9-11)22(21-15)14-7-5-12(18)6-8-14/h2-10H,1H3,(H,20,23). The minimum absolute atomic E-state index is 0.249. The summed E-state index contributed by atoms with van der Waals surface area (Å²) in [6.45, 7) is 0. The molecule has 0 atom stereocenters. The van der Waals surface area contributed by atoms with Crippen LogP contribution in [0.5, 0.6) is 0 Å². The van der Waals surface area contributed by atoms with Crippen molar-refractivity contribution >= 4 is 29.1 Å². The quantitative estimate of drug-likeness (QED) is 0.772. The molecule has 23 heavy (non-hydrogen) atoms. The Kier molecular flexibility index (Phi) is 4.37. The molecule has 1 N–H and O–H groups in total. The molecule has 3 aromatic rings. The second-order valence-corrected chi connectivity index (χ2v) is 5.77. The summed E-state index contributed by atoms with van der Waals surface area (Å²) in [5.41, 5.74) is 2.78. The summed E-state index contributed by atoms with van der Waals surface area (Å²) in [6.07, 6.45) is 0. The summed E-state index contributed by atoms with van der Waals surface area (Å²) in [7, 11) is 1.57. The van der Waals surface area contributed by atoms with Crippen molar-refractivity contribution in [2.24, 2.45) is 0 Å². The van der Waals surface area contributed by atoms with E-state index in [1.54, 1.807) is 36.0 Å². The van der Waals surface area contributed by atoms with Crippen molar-refractivity contribution in [1.82, 2.24) is 15.1 Å². The first-order valence-electron chi connectivity index (χ1n) is 6.92. The topological polar surface area (TPSA) is 46.9 Å². The van der Waals surface area contributed by atoms with Crippen LogP contribution in [0, 0.1) is 0 Å². The average Bonchev–Trinajstić information content (AvgIpc) is 3.00. The van der Waals surface area contributed by atoms with Gasteiger partial charge >= 0.3 is 0 Å². The fourth-order valence-corrected chi connectivity index (χ4v) is 2.57. The largest absolute Gasteiger partial charge is 0.354 e. The summed E-state index contributed by atoms with van der Waals surface area (Å²) in [4.78, 5) is 11.9. The Morgan fingerprint density at radius 1 is 1.04 bits per heavy atom. The zero-order valence-electron chi connectivity index (χ0n) is 12.3. The third-order valence-corrected chi connectivity index (χ3v) is 3.85. The Balaban J connectivity index is 2.18. The van der Waals surface area contributed by atoms with E-state index in [0.29, 0.717) is 15.7 Å². The Morgan fingerprint density at radius 2 is 1.78 bits per heavy atom. The van der Waals surface area contributed by atoms with Gasteiger partial charge in [-0.15, -0.1) is 0 Å². The van der Waals surface area contributed by atoms with Crippen LogP contribution in [0.25, 0.3) is 16.9 Å². The number of hydrogen-bond acceptors (Lipinski definition) is 2. The fourth-order valence-electron chi connectivity index (χ4n) is 2.25. The third-order valence-electron chi connectivity index (χ3n) is 3.36. The SMILES string of the molecule is CNC(=O)c1cc(-c2cccc(Cl)c2)n(-c2ccc(Cl)cc2)n1. The van der Waals surface area contributed by atoms with Gasteiger partial charge < -0.3 is 5.32 Å².